The summed E-state index contributed by atoms with van der Waals surface area (Å²) in [5, 5.41) is 9.74. The molecule has 2 aromatic rings. The molecule has 80 valence electrons. The molecule has 0 radical (unpaired) electrons. The van der Waals surface area contributed by atoms with Crippen LogP contribution in [0.25, 0.3) is 5.57 Å². The van der Waals surface area contributed by atoms with Crippen LogP contribution in [0.15, 0.2) is 59.6 Å². The number of phenols is 1. The summed E-state index contributed by atoms with van der Waals surface area (Å²) in [7, 11) is 0. The van der Waals surface area contributed by atoms with Crippen LogP contribution >= 0.6 is 15.9 Å². The lowest BCUT2D eigenvalue weighted by Gasteiger charge is -2.08. The predicted molar refractivity (Wildman–Crippen MR) is 70.4 cm³/mol. The molecular formula is C14H11BrO. The van der Waals surface area contributed by atoms with Crippen molar-refractivity contribution >= 4 is 21.5 Å². The van der Waals surface area contributed by atoms with Gasteiger partial charge in [-0.25, -0.2) is 0 Å². The monoisotopic (exact) mass is 274 g/mol. The second-order valence-electron chi connectivity index (χ2n) is 3.51. The van der Waals surface area contributed by atoms with Crippen LogP contribution in [-0.4, -0.2) is 5.11 Å². The number of aromatic hydroxyl groups is 1. The molecule has 0 saturated heterocycles. The third-order valence-electron chi connectivity index (χ3n) is 2.40. The first-order valence-corrected chi connectivity index (χ1v) is 5.71. The summed E-state index contributed by atoms with van der Waals surface area (Å²) in [4.78, 5) is 0. The van der Waals surface area contributed by atoms with Crippen LogP contribution in [0, 0.1) is 0 Å². The fourth-order valence-electron chi connectivity index (χ4n) is 1.56. The number of halogens is 1. The van der Waals surface area contributed by atoms with Crippen molar-refractivity contribution in [2.45, 2.75) is 0 Å². The second-order valence-corrected chi connectivity index (χ2v) is 4.42. The van der Waals surface area contributed by atoms with Gasteiger partial charge in [-0.05, 0) is 29.3 Å². The Hall–Kier alpha value is -1.54. The first-order chi connectivity index (χ1) is 7.68. The Morgan fingerprint density at radius 1 is 1.06 bits per heavy atom. The van der Waals surface area contributed by atoms with E-state index in [1.54, 1.807) is 12.1 Å². The third kappa shape index (κ3) is 2.17. The number of para-hydroxylation sites is 1. The largest absolute Gasteiger partial charge is 0.507 e. The van der Waals surface area contributed by atoms with Gasteiger partial charge in [0.25, 0.3) is 0 Å². The first-order valence-electron chi connectivity index (χ1n) is 4.91. The van der Waals surface area contributed by atoms with Gasteiger partial charge in [0, 0.05) is 10.0 Å². The highest BCUT2D eigenvalue weighted by Gasteiger charge is 2.06. The van der Waals surface area contributed by atoms with E-state index >= 15 is 0 Å². The predicted octanol–water partition coefficient (Wildman–Crippen LogP) is 4.22. The number of rotatable bonds is 2. The van der Waals surface area contributed by atoms with Gasteiger partial charge in [0.15, 0.2) is 0 Å². The maximum atomic E-state index is 9.74. The van der Waals surface area contributed by atoms with E-state index in [9.17, 15) is 5.11 Å². The summed E-state index contributed by atoms with van der Waals surface area (Å²) in [5.41, 5.74) is 2.58. The molecule has 0 heterocycles. The average molecular weight is 275 g/mol. The average Bonchev–Trinajstić information content (AvgIpc) is 2.29. The van der Waals surface area contributed by atoms with Crippen LogP contribution in [0.1, 0.15) is 11.1 Å². The van der Waals surface area contributed by atoms with Gasteiger partial charge in [-0.15, -0.1) is 0 Å². The summed E-state index contributed by atoms with van der Waals surface area (Å²) in [6, 6.07) is 15.1. The Labute approximate surface area is 103 Å². The lowest BCUT2D eigenvalue weighted by Crippen LogP contribution is -1.86. The van der Waals surface area contributed by atoms with Crippen molar-refractivity contribution in [2.75, 3.05) is 0 Å². The van der Waals surface area contributed by atoms with Gasteiger partial charge in [0.05, 0.1) is 0 Å². The van der Waals surface area contributed by atoms with Crippen molar-refractivity contribution in [3.8, 4) is 5.75 Å². The SMILES string of the molecule is C=C(c1cccc(Br)c1)c1ccccc1O. The number of phenolic OH excluding ortho intramolecular Hbond substituents is 1. The first kappa shape index (κ1) is 11.0. The summed E-state index contributed by atoms with van der Waals surface area (Å²) in [6.07, 6.45) is 0. The van der Waals surface area contributed by atoms with Gasteiger partial charge in [-0.2, -0.15) is 0 Å². The van der Waals surface area contributed by atoms with Crippen molar-refractivity contribution in [2.24, 2.45) is 0 Å². The highest BCUT2D eigenvalue weighted by atomic mass is 79.9. The van der Waals surface area contributed by atoms with Crippen LogP contribution in [-0.2, 0) is 0 Å². The minimum atomic E-state index is 0.257. The minimum Gasteiger partial charge on any atom is -0.507 e. The van der Waals surface area contributed by atoms with Crippen molar-refractivity contribution in [1.82, 2.24) is 0 Å². The van der Waals surface area contributed by atoms with Gasteiger partial charge in [0.2, 0.25) is 0 Å². The molecule has 0 aromatic heterocycles. The van der Waals surface area contributed by atoms with Gasteiger partial charge >= 0.3 is 0 Å². The maximum Gasteiger partial charge on any atom is 0.123 e. The zero-order valence-corrected chi connectivity index (χ0v) is 10.2. The molecule has 2 aromatic carbocycles. The summed E-state index contributed by atoms with van der Waals surface area (Å²) in [5.74, 6) is 0.257. The van der Waals surface area contributed by atoms with E-state index in [-0.39, 0.29) is 5.75 Å². The molecule has 1 N–H and O–H groups in total. The molecule has 0 aliphatic rings. The van der Waals surface area contributed by atoms with Crippen LogP contribution in [0.5, 0.6) is 5.75 Å². The smallest absolute Gasteiger partial charge is 0.123 e. The quantitative estimate of drug-likeness (QED) is 0.870. The minimum absolute atomic E-state index is 0.257. The lowest BCUT2D eigenvalue weighted by molar-refractivity contribution is 0.473. The van der Waals surface area contributed by atoms with Crippen molar-refractivity contribution in [1.29, 1.82) is 0 Å². The molecule has 16 heavy (non-hydrogen) atoms. The van der Waals surface area contributed by atoms with Crippen molar-refractivity contribution < 1.29 is 5.11 Å². The Balaban J connectivity index is 2.44. The molecule has 0 atom stereocenters. The van der Waals surface area contributed by atoms with Crippen molar-refractivity contribution in [3.05, 3.63) is 70.7 Å². The van der Waals surface area contributed by atoms with Crippen LogP contribution in [0.4, 0.5) is 0 Å². The Bertz CT molecular complexity index is 532. The van der Waals surface area contributed by atoms with Crippen LogP contribution < -0.4 is 0 Å². The standard InChI is InChI=1S/C14H11BrO/c1-10(11-5-4-6-12(15)9-11)13-7-2-3-8-14(13)16/h2-9,16H,1H2. The van der Waals surface area contributed by atoms with E-state index in [0.717, 1.165) is 21.2 Å². The highest BCUT2D eigenvalue weighted by molar-refractivity contribution is 9.10. The van der Waals surface area contributed by atoms with E-state index in [1.807, 2.05) is 36.4 Å². The third-order valence-corrected chi connectivity index (χ3v) is 2.90. The van der Waals surface area contributed by atoms with Crippen LogP contribution in [0.2, 0.25) is 0 Å². The van der Waals surface area contributed by atoms with Crippen molar-refractivity contribution in [3.63, 3.8) is 0 Å². The van der Waals surface area contributed by atoms with E-state index in [2.05, 4.69) is 22.5 Å². The lowest BCUT2D eigenvalue weighted by atomic mass is 9.99. The fraction of sp³-hybridized carbons (Fsp3) is 0. The normalized spacial score (nSPS) is 10.1. The molecule has 0 bridgehead atoms. The van der Waals surface area contributed by atoms with Crippen LogP contribution in [0.3, 0.4) is 0 Å². The zero-order valence-electron chi connectivity index (χ0n) is 8.65. The van der Waals surface area contributed by atoms with Gasteiger partial charge in [0.1, 0.15) is 5.75 Å². The fourth-order valence-corrected chi connectivity index (χ4v) is 1.96. The maximum absolute atomic E-state index is 9.74. The summed E-state index contributed by atoms with van der Waals surface area (Å²) >= 11 is 3.42. The molecule has 1 nitrogen and oxygen atoms in total. The topological polar surface area (TPSA) is 20.2 Å². The molecule has 0 saturated carbocycles. The van der Waals surface area contributed by atoms with E-state index < -0.39 is 0 Å². The molecular weight excluding hydrogens is 264 g/mol. The molecule has 0 fully saturated rings. The van der Waals surface area contributed by atoms with Gasteiger partial charge in [-0.1, -0.05) is 52.8 Å². The summed E-state index contributed by atoms with van der Waals surface area (Å²) < 4.78 is 1.00. The van der Waals surface area contributed by atoms with E-state index in [1.165, 1.54) is 0 Å². The molecule has 0 aliphatic carbocycles. The Morgan fingerprint density at radius 3 is 2.50 bits per heavy atom. The number of benzene rings is 2. The Morgan fingerprint density at radius 2 is 1.81 bits per heavy atom. The molecule has 2 rings (SSSR count). The summed E-state index contributed by atoms with van der Waals surface area (Å²) in [6.45, 7) is 4.02. The molecule has 0 unspecified atom stereocenters. The van der Waals surface area contributed by atoms with E-state index in [0.29, 0.717) is 0 Å². The highest BCUT2D eigenvalue weighted by Crippen LogP contribution is 2.29. The van der Waals surface area contributed by atoms with Gasteiger partial charge < -0.3 is 5.11 Å². The molecule has 0 amide bonds. The number of hydrogen-bond donors (Lipinski definition) is 1. The molecule has 0 spiro atoms. The van der Waals surface area contributed by atoms with Gasteiger partial charge in [-0.3, -0.25) is 0 Å². The second kappa shape index (κ2) is 4.54. The number of hydrogen-bond acceptors (Lipinski definition) is 1. The molecule has 0 aliphatic heterocycles. The Kier molecular flexibility index (Phi) is 3.11. The zero-order chi connectivity index (χ0) is 11.5. The van der Waals surface area contributed by atoms with E-state index in [4.69, 9.17) is 0 Å². The molecule has 2 heteroatoms.